The van der Waals surface area contributed by atoms with Crippen molar-refractivity contribution in [2.24, 2.45) is 5.92 Å². The number of likely N-dealkylation sites (tertiary alicyclic amines) is 1. The van der Waals surface area contributed by atoms with Gasteiger partial charge in [-0.3, -0.25) is 4.79 Å². The van der Waals surface area contributed by atoms with Gasteiger partial charge in [-0.05, 0) is 70.3 Å². The Balaban J connectivity index is 1.94. The summed E-state index contributed by atoms with van der Waals surface area (Å²) in [6, 6.07) is 5.02. The van der Waals surface area contributed by atoms with Crippen molar-refractivity contribution >= 4 is 15.7 Å². The van der Waals surface area contributed by atoms with Crippen LogP contribution in [0.4, 0.5) is 4.39 Å². The molecule has 5 nitrogen and oxygen atoms in total. The smallest absolute Gasteiger partial charge is 0.238 e. The van der Waals surface area contributed by atoms with Crippen molar-refractivity contribution in [3.63, 3.8) is 0 Å². The number of amides is 1. The summed E-state index contributed by atoms with van der Waals surface area (Å²) >= 11 is 0. The number of nitrogens with zero attached hydrogens (tertiary/aromatic N) is 1. The van der Waals surface area contributed by atoms with Crippen LogP contribution in [0.25, 0.3) is 0 Å². The molecule has 1 aromatic carbocycles. The van der Waals surface area contributed by atoms with Crippen LogP contribution in [0.15, 0.2) is 29.2 Å². The maximum Gasteiger partial charge on any atom is 0.238 e. The van der Waals surface area contributed by atoms with Crippen LogP contribution < -0.4 is 5.32 Å². The van der Waals surface area contributed by atoms with E-state index in [4.69, 9.17) is 0 Å². The van der Waals surface area contributed by atoms with E-state index >= 15 is 0 Å². The molecular weight excluding hydrogens is 343 g/mol. The van der Waals surface area contributed by atoms with Gasteiger partial charge in [-0.25, -0.2) is 12.8 Å². The second kappa shape index (κ2) is 8.27. The molecule has 1 amide bonds. The van der Waals surface area contributed by atoms with Crippen molar-refractivity contribution in [1.82, 2.24) is 10.2 Å². The highest BCUT2D eigenvalue weighted by atomic mass is 32.2. The Morgan fingerprint density at radius 2 is 1.92 bits per heavy atom. The van der Waals surface area contributed by atoms with Crippen LogP contribution in [0.3, 0.4) is 0 Å². The first-order chi connectivity index (χ1) is 11.7. The molecule has 2 atom stereocenters. The molecule has 1 aliphatic heterocycles. The summed E-state index contributed by atoms with van der Waals surface area (Å²) in [5.74, 6) is -0.685. The molecule has 2 unspecified atom stereocenters. The van der Waals surface area contributed by atoms with E-state index in [2.05, 4.69) is 24.1 Å². The summed E-state index contributed by atoms with van der Waals surface area (Å²) in [5.41, 5.74) is 0. The Bertz CT molecular complexity index is 689. The SMILES string of the molecule is CC(C)N1CCCC(CNC(=O)C(C)S(=O)(=O)c2ccc(F)cc2)C1. The number of benzene rings is 1. The molecule has 1 heterocycles. The third-order valence-corrected chi connectivity index (χ3v) is 6.90. The molecule has 0 radical (unpaired) electrons. The first-order valence-corrected chi connectivity index (χ1v) is 10.3. The van der Waals surface area contributed by atoms with E-state index in [1.54, 1.807) is 0 Å². The van der Waals surface area contributed by atoms with Crippen molar-refractivity contribution in [3.05, 3.63) is 30.1 Å². The van der Waals surface area contributed by atoms with Gasteiger partial charge in [0.2, 0.25) is 5.91 Å². The lowest BCUT2D eigenvalue weighted by Crippen LogP contribution is -2.46. The molecule has 1 saturated heterocycles. The summed E-state index contributed by atoms with van der Waals surface area (Å²) in [5, 5.41) is 1.57. The third kappa shape index (κ3) is 5.01. The molecule has 0 saturated carbocycles. The predicted molar refractivity (Wildman–Crippen MR) is 95.5 cm³/mol. The van der Waals surface area contributed by atoms with E-state index in [-0.39, 0.29) is 4.90 Å². The second-order valence-corrected chi connectivity index (χ2v) is 9.25. The van der Waals surface area contributed by atoms with Crippen LogP contribution in [0.5, 0.6) is 0 Å². The molecule has 25 heavy (non-hydrogen) atoms. The van der Waals surface area contributed by atoms with Crippen molar-refractivity contribution in [3.8, 4) is 0 Å². The van der Waals surface area contributed by atoms with E-state index < -0.39 is 26.8 Å². The number of piperidine rings is 1. The third-order valence-electron chi connectivity index (χ3n) is 4.82. The molecule has 1 aliphatic rings. The molecule has 140 valence electrons. The van der Waals surface area contributed by atoms with E-state index in [0.717, 1.165) is 38.1 Å². The fraction of sp³-hybridized carbons (Fsp3) is 0.611. The van der Waals surface area contributed by atoms with Crippen LogP contribution in [0, 0.1) is 11.7 Å². The topological polar surface area (TPSA) is 66.5 Å². The second-order valence-electron chi connectivity index (χ2n) is 6.98. The number of sulfone groups is 1. The summed E-state index contributed by atoms with van der Waals surface area (Å²) < 4.78 is 37.9. The Kier molecular flexibility index (Phi) is 6.57. The molecule has 1 aromatic rings. The number of carbonyl (C=O) groups excluding carboxylic acids is 1. The largest absolute Gasteiger partial charge is 0.355 e. The van der Waals surface area contributed by atoms with Gasteiger partial charge < -0.3 is 10.2 Å². The maximum atomic E-state index is 13.0. The highest BCUT2D eigenvalue weighted by Crippen LogP contribution is 2.19. The van der Waals surface area contributed by atoms with Crippen LogP contribution >= 0.6 is 0 Å². The molecule has 0 aliphatic carbocycles. The van der Waals surface area contributed by atoms with Crippen LogP contribution in [0.1, 0.15) is 33.6 Å². The number of carbonyl (C=O) groups is 1. The standard InChI is InChI=1S/C18H27FN2O3S/c1-13(2)21-10-4-5-15(12-21)11-20-18(22)14(3)25(23,24)17-8-6-16(19)7-9-17/h6-9,13-15H,4-5,10-12H2,1-3H3,(H,20,22). The normalized spacial score (nSPS) is 20.4. The Labute approximate surface area is 149 Å². The number of hydrogen-bond donors (Lipinski definition) is 1. The van der Waals surface area contributed by atoms with E-state index in [9.17, 15) is 17.6 Å². The molecule has 0 spiro atoms. The van der Waals surface area contributed by atoms with Gasteiger partial charge in [-0.1, -0.05) is 0 Å². The fourth-order valence-electron chi connectivity index (χ4n) is 3.09. The zero-order chi connectivity index (χ0) is 18.6. The van der Waals surface area contributed by atoms with Gasteiger partial charge in [0.15, 0.2) is 9.84 Å². The molecule has 0 bridgehead atoms. The molecule has 2 rings (SSSR count). The number of hydrogen-bond acceptors (Lipinski definition) is 4. The predicted octanol–water partition coefficient (Wildman–Crippen LogP) is 2.22. The minimum absolute atomic E-state index is 0.0415. The summed E-state index contributed by atoms with van der Waals surface area (Å²) in [7, 11) is -3.82. The number of halogens is 1. The van der Waals surface area contributed by atoms with Gasteiger partial charge in [-0.15, -0.1) is 0 Å². The lowest BCUT2D eigenvalue weighted by molar-refractivity contribution is -0.120. The first kappa shape index (κ1) is 19.8. The van der Waals surface area contributed by atoms with Gasteiger partial charge >= 0.3 is 0 Å². The minimum atomic E-state index is -3.82. The van der Waals surface area contributed by atoms with Crippen LogP contribution in [0.2, 0.25) is 0 Å². The lowest BCUT2D eigenvalue weighted by Gasteiger charge is -2.35. The van der Waals surface area contributed by atoms with Gasteiger partial charge in [0.1, 0.15) is 11.1 Å². The molecule has 1 N–H and O–H groups in total. The zero-order valence-electron chi connectivity index (χ0n) is 15.0. The molecule has 7 heteroatoms. The number of rotatable bonds is 6. The summed E-state index contributed by atoms with van der Waals surface area (Å²) in [4.78, 5) is 14.6. The van der Waals surface area contributed by atoms with Crippen molar-refractivity contribution in [2.75, 3.05) is 19.6 Å². The lowest BCUT2D eigenvalue weighted by atomic mass is 9.97. The van der Waals surface area contributed by atoms with Crippen LogP contribution in [-0.2, 0) is 14.6 Å². The monoisotopic (exact) mass is 370 g/mol. The highest BCUT2D eigenvalue weighted by Gasteiger charge is 2.30. The zero-order valence-corrected chi connectivity index (χ0v) is 15.9. The van der Waals surface area contributed by atoms with Gasteiger partial charge in [0.25, 0.3) is 0 Å². The van der Waals surface area contributed by atoms with Gasteiger partial charge in [0, 0.05) is 19.1 Å². The average molecular weight is 370 g/mol. The van der Waals surface area contributed by atoms with Gasteiger partial charge in [0.05, 0.1) is 4.90 Å². The molecule has 0 aromatic heterocycles. The van der Waals surface area contributed by atoms with Crippen molar-refractivity contribution in [1.29, 1.82) is 0 Å². The molecular formula is C18H27FN2O3S. The average Bonchev–Trinajstić information content (AvgIpc) is 2.59. The highest BCUT2D eigenvalue weighted by molar-refractivity contribution is 7.92. The maximum absolute atomic E-state index is 13.0. The summed E-state index contributed by atoms with van der Waals surface area (Å²) in [6.45, 7) is 8.13. The van der Waals surface area contributed by atoms with E-state index in [0.29, 0.717) is 18.5 Å². The van der Waals surface area contributed by atoms with Crippen molar-refractivity contribution < 1.29 is 17.6 Å². The quantitative estimate of drug-likeness (QED) is 0.780. The van der Waals surface area contributed by atoms with E-state index in [1.807, 2.05) is 0 Å². The first-order valence-electron chi connectivity index (χ1n) is 8.73. The van der Waals surface area contributed by atoms with Crippen LogP contribution in [-0.4, -0.2) is 50.2 Å². The summed E-state index contributed by atoms with van der Waals surface area (Å²) in [6.07, 6.45) is 2.12. The Hall–Kier alpha value is -1.47. The Morgan fingerprint density at radius 3 is 2.52 bits per heavy atom. The van der Waals surface area contributed by atoms with E-state index in [1.165, 1.54) is 19.1 Å². The number of nitrogens with one attached hydrogen (secondary N) is 1. The minimum Gasteiger partial charge on any atom is -0.355 e. The Morgan fingerprint density at radius 1 is 1.28 bits per heavy atom. The fourth-order valence-corrected chi connectivity index (χ4v) is 4.38. The van der Waals surface area contributed by atoms with Gasteiger partial charge in [-0.2, -0.15) is 0 Å². The molecule has 1 fully saturated rings. The van der Waals surface area contributed by atoms with Crippen molar-refractivity contribution in [2.45, 2.75) is 49.8 Å².